The van der Waals surface area contributed by atoms with Gasteiger partial charge in [0.15, 0.2) is 5.58 Å². The second kappa shape index (κ2) is 7.99. The van der Waals surface area contributed by atoms with Crippen molar-refractivity contribution in [2.24, 2.45) is 5.92 Å². The Morgan fingerprint density at radius 3 is 2.32 bits per heavy atom. The second-order valence-electron chi connectivity index (χ2n) is 10.1. The van der Waals surface area contributed by atoms with Crippen LogP contribution in [0.1, 0.15) is 44.7 Å². The smallest absolute Gasteiger partial charge is 0.161 e. The lowest BCUT2D eigenvalue weighted by Crippen LogP contribution is -1.94. The summed E-state index contributed by atoms with van der Waals surface area (Å²) in [5.41, 5.74) is 6.52. The molecule has 168 valence electrons. The first-order chi connectivity index (χ1) is 16.5. The Morgan fingerprint density at radius 1 is 0.735 bits per heavy atom. The van der Waals surface area contributed by atoms with Crippen LogP contribution in [0.2, 0.25) is 0 Å². The molecule has 0 aliphatic carbocycles. The zero-order valence-electron chi connectivity index (χ0n) is 20.2. The SMILES string of the molecule is CC(C)Cc1cccc2c1oc1c(-c3cc(C(C)C)c4c(ccc5ccccc54)c3)nccc12. The molecule has 0 amide bonds. The van der Waals surface area contributed by atoms with E-state index < -0.39 is 0 Å². The molecule has 0 spiro atoms. The summed E-state index contributed by atoms with van der Waals surface area (Å²) in [4.78, 5) is 4.84. The van der Waals surface area contributed by atoms with Crippen LogP contribution in [0.3, 0.4) is 0 Å². The highest BCUT2D eigenvalue weighted by Gasteiger charge is 2.18. The van der Waals surface area contributed by atoms with Gasteiger partial charge in [-0.25, -0.2) is 0 Å². The van der Waals surface area contributed by atoms with E-state index in [0.29, 0.717) is 11.8 Å². The Bertz CT molecular complexity index is 1690. The first-order valence-corrected chi connectivity index (χ1v) is 12.3. The number of nitrogens with zero attached hydrogens (tertiary/aromatic N) is 1. The van der Waals surface area contributed by atoms with E-state index in [1.165, 1.54) is 38.1 Å². The van der Waals surface area contributed by atoms with E-state index in [1.54, 1.807) is 0 Å². The third-order valence-electron chi connectivity index (χ3n) is 6.89. The molecule has 2 aromatic heterocycles. The first-order valence-electron chi connectivity index (χ1n) is 12.3. The molecule has 0 unspecified atom stereocenters. The fourth-order valence-electron chi connectivity index (χ4n) is 5.36. The summed E-state index contributed by atoms with van der Waals surface area (Å²) in [5.74, 6) is 0.959. The van der Waals surface area contributed by atoms with Crippen LogP contribution in [0.4, 0.5) is 0 Å². The van der Waals surface area contributed by atoms with Crippen molar-refractivity contribution in [1.82, 2.24) is 4.98 Å². The molecule has 0 atom stereocenters. The van der Waals surface area contributed by atoms with Crippen molar-refractivity contribution < 1.29 is 4.42 Å². The van der Waals surface area contributed by atoms with E-state index in [0.717, 1.165) is 34.2 Å². The molecule has 34 heavy (non-hydrogen) atoms. The zero-order chi connectivity index (χ0) is 23.4. The van der Waals surface area contributed by atoms with Crippen LogP contribution in [-0.2, 0) is 6.42 Å². The van der Waals surface area contributed by atoms with E-state index in [9.17, 15) is 0 Å². The summed E-state index contributed by atoms with van der Waals surface area (Å²) >= 11 is 0. The summed E-state index contributed by atoms with van der Waals surface area (Å²) < 4.78 is 6.59. The number of rotatable bonds is 4. The van der Waals surface area contributed by atoms with Crippen LogP contribution in [0, 0.1) is 5.92 Å². The third-order valence-corrected chi connectivity index (χ3v) is 6.89. The molecule has 6 aromatic rings. The lowest BCUT2D eigenvalue weighted by atomic mass is 9.89. The Morgan fingerprint density at radius 2 is 1.50 bits per heavy atom. The molecule has 2 heteroatoms. The molecule has 0 radical (unpaired) electrons. The van der Waals surface area contributed by atoms with Gasteiger partial charge in [0.05, 0.1) is 0 Å². The molecular formula is C32H29NO. The molecular weight excluding hydrogens is 414 g/mol. The number of para-hydroxylation sites is 1. The monoisotopic (exact) mass is 443 g/mol. The summed E-state index contributed by atoms with van der Waals surface area (Å²) in [6.07, 6.45) is 2.92. The maximum atomic E-state index is 6.59. The largest absolute Gasteiger partial charge is 0.453 e. The molecule has 0 bridgehead atoms. The molecule has 0 N–H and O–H groups in total. The van der Waals surface area contributed by atoms with Gasteiger partial charge in [-0.05, 0) is 69.1 Å². The standard InChI is InChI=1S/C32H29NO/c1-19(2)16-23-9-7-11-26-27-14-15-33-30(32(27)34-31(23)26)24-17-22-13-12-21-8-5-6-10-25(21)29(22)28(18-24)20(3)4/h5-15,17-20H,16H2,1-4H3. The number of fused-ring (bicyclic) bond motifs is 6. The highest BCUT2D eigenvalue weighted by Crippen LogP contribution is 2.40. The minimum atomic E-state index is 0.390. The molecule has 6 rings (SSSR count). The topological polar surface area (TPSA) is 26.0 Å². The van der Waals surface area contributed by atoms with Gasteiger partial charge in [0, 0.05) is 22.5 Å². The number of furan rings is 1. The fourth-order valence-corrected chi connectivity index (χ4v) is 5.36. The number of hydrogen-bond donors (Lipinski definition) is 0. The molecule has 2 heterocycles. The van der Waals surface area contributed by atoms with Crippen LogP contribution in [0.25, 0.3) is 54.7 Å². The highest BCUT2D eigenvalue weighted by atomic mass is 16.3. The normalized spacial score (nSPS) is 12.2. The Balaban J connectivity index is 1.65. The van der Waals surface area contributed by atoms with E-state index in [2.05, 4.69) is 100 Å². The van der Waals surface area contributed by atoms with Gasteiger partial charge in [0.2, 0.25) is 0 Å². The van der Waals surface area contributed by atoms with Crippen LogP contribution in [0.15, 0.2) is 83.4 Å². The van der Waals surface area contributed by atoms with E-state index in [-0.39, 0.29) is 0 Å². The maximum absolute atomic E-state index is 6.59. The number of pyridine rings is 1. The second-order valence-corrected chi connectivity index (χ2v) is 10.1. The Labute approximate surface area is 200 Å². The molecule has 0 saturated carbocycles. The molecule has 4 aromatic carbocycles. The number of hydrogen-bond acceptors (Lipinski definition) is 2. The highest BCUT2D eigenvalue weighted by molar-refractivity contribution is 6.12. The van der Waals surface area contributed by atoms with Gasteiger partial charge < -0.3 is 4.42 Å². The summed E-state index contributed by atoms with van der Waals surface area (Å²) in [7, 11) is 0. The number of aromatic nitrogens is 1. The van der Waals surface area contributed by atoms with Crippen molar-refractivity contribution in [3.05, 3.63) is 90.1 Å². The van der Waals surface area contributed by atoms with Gasteiger partial charge >= 0.3 is 0 Å². The van der Waals surface area contributed by atoms with Gasteiger partial charge in [0.25, 0.3) is 0 Å². The quantitative estimate of drug-likeness (QED) is 0.254. The van der Waals surface area contributed by atoms with Crippen LogP contribution in [0.5, 0.6) is 0 Å². The van der Waals surface area contributed by atoms with Crippen molar-refractivity contribution in [2.75, 3.05) is 0 Å². The van der Waals surface area contributed by atoms with Crippen molar-refractivity contribution in [3.8, 4) is 11.3 Å². The Kier molecular flexibility index (Phi) is 4.91. The maximum Gasteiger partial charge on any atom is 0.161 e. The lowest BCUT2D eigenvalue weighted by Gasteiger charge is -2.15. The molecule has 0 saturated heterocycles. The van der Waals surface area contributed by atoms with E-state index >= 15 is 0 Å². The molecule has 0 aliphatic rings. The lowest BCUT2D eigenvalue weighted by molar-refractivity contribution is 0.623. The van der Waals surface area contributed by atoms with Gasteiger partial charge in [-0.15, -0.1) is 0 Å². The van der Waals surface area contributed by atoms with E-state index in [4.69, 9.17) is 9.40 Å². The van der Waals surface area contributed by atoms with Gasteiger partial charge in [0.1, 0.15) is 11.3 Å². The zero-order valence-corrected chi connectivity index (χ0v) is 20.2. The minimum Gasteiger partial charge on any atom is -0.453 e. The average Bonchev–Trinajstić information content (AvgIpc) is 3.23. The van der Waals surface area contributed by atoms with Gasteiger partial charge in [-0.3, -0.25) is 4.98 Å². The van der Waals surface area contributed by atoms with Gasteiger partial charge in [-0.1, -0.05) is 82.3 Å². The van der Waals surface area contributed by atoms with Crippen molar-refractivity contribution >= 4 is 43.5 Å². The predicted octanol–water partition coefficient (Wildman–Crippen LogP) is 9.28. The van der Waals surface area contributed by atoms with Crippen molar-refractivity contribution in [3.63, 3.8) is 0 Å². The minimum absolute atomic E-state index is 0.390. The van der Waals surface area contributed by atoms with Crippen LogP contribution >= 0.6 is 0 Å². The van der Waals surface area contributed by atoms with Crippen molar-refractivity contribution in [2.45, 2.75) is 40.0 Å². The average molecular weight is 444 g/mol. The third kappa shape index (κ3) is 3.28. The summed E-state index contributed by atoms with van der Waals surface area (Å²) in [5, 5.41) is 7.48. The summed E-state index contributed by atoms with van der Waals surface area (Å²) in [6.45, 7) is 9.04. The van der Waals surface area contributed by atoms with E-state index in [1.807, 2.05) is 6.20 Å². The first kappa shape index (κ1) is 20.9. The Hall–Kier alpha value is -3.65. The molecule has 0 fully saturated rings. The molecule has 2 nitrogen and oxygen atoms in total. The van der Waals surface area contributed by atoms with Crippen molar-refractivity contribution in [1.29, 1.82) is 0 Å². The van der Waals surface area contributed by atoms with Crippen LogP contribution < -0.4 is 0 Å². The summed E-state index contributed by atoms with van der Waals surface area (Å²) in [6, 6.07) is 26.3. The predicted molar refractivity (Wildman–Crippen MR) is 145 cm³/mol. The van der Waals surface area contributed by atoms with Crippen LogP contribution in [-0.4, -0.2) is 4.98 Å². The van der Waals surface area contributed by atoms with Gasteiger partial charge in [-0.2, -0.15) is 0 Å². The fraction of sp³-hybridized carbons (Fsp3) is 0.219. The number of benzene rings is 4. The molecule has 0 aliphatic heterocycles.